The molecule has 2 bridgehead atoms. The summed E-state index contributed by atoms with van der Waals surface area (Å²) in [7, 11) is 0. The van der Waals surface area contributed by atoms with Gasteiger partial charge in [0.25, 0.3) is 0 Å². The quantitative estimate of drug-likeness (QED) is 0.167. The predicted octanol–water partition coefficient (Wildman–Crippen LogP) is 14.0. The zero-order valence-corrected chi connectivity index (χ0v) is 35.9. The van der Waals surface area contributed by atoms with Crippen LogP contribution in [-0.2, 0) is 5.41 Å². The summed E-state index contributed by atoms with van der Waals surface area (Å²) < 4.78 is 0. The zero-order chi connectivity index (χ0) is 43.2. The number of rotatable bonds is 6. The third-order valence-corrected chi connectivity index (χ3v) is 13.9. The summed E-state index contributed by atoms with van der Waals surface area (Å²) in [5, 5.41) is 0. The van der Waals surface area contributed by atoms with Gasteiger partial charge in [0.05, 0.1) is 11.4 Å². The Morgan fingerprint density at radius 3 is 1.34 bits per heavy atom. The fourth-order valence-electron chi connectivity index (χ4n) is 11.0. The van der Waals surface area contributed by atoms with E-state index in [0.717, 1.165) is 50.6 Å². The number of benzene rings is 8. The minimum Gasteiger partial charge on any atom is -0.228 e. The molecule has 8 aromatic carbocycles. The summed E-state index contributed by atoms with van der Waals surface area (Å²) in [4.78, 5) is 25.9. The van der Waals surface area contributed by atoms with E-state index in [1.807, 2.05) is 42.5 Å². The second-order valence-electron chi connectivity index (χ2n) is 17.9. The third-order valence-electron chi connectivity index (χ3n) is 13.9. The lowest BCUT2D eigenvalue weighted by Gasteiger charge is -2.42. The van der Waals surface area contributed by atoms with Crippen LogP contribution in [0.2, 0.25) is 0 Å². The van der Waals surface area contributed by atoms with Crippen molar-refractivity contribution in [3.8, 4) is 79.2 Å². The van der Waals surface area contributed by atoms with Crippen LogP contribution in [-0.4, -0.2) is 24.9 Å². The van der Waals surface area contributed by atoms with Crippen molar-refractivity contribution in [2.45, 2.75) is 31.1 Å². The lowest BCUT2D eigenvalue weighted by molar-refractivity contribution is 0.662. The summed E-state index contributed by atoms with van der Waals surface area (Å²) >= 11 is 0. The molecule has 0 saturated heterocycles. The Bertz CT molecular complexity index is 3470. The molecular weight excluding hydrogens is 791 g/mol. The maximum absolute atomic E-state index is 5.34. The first kappa shape index (κ1) is 37.4. The summed E-state index contributed by atoms with van der Waals surface area (Å²) in [6, 6.07) is 71.3. The molecular formula is C60H41N5. The van der Waals surface area contributed by atoms with Crippen LogP contribution in [0.3, 0.4) is 0 Å². The van der Waals surface area contributed by atoms with Crippen molar-refractivity contribution < 1.29 is 0 Å². The largest absolute Gasteiger partial charge is 0.228 e. The molecule has 4 aliphatic rings. The molecule has 0 fully saturated rings. The maximum atomic E-state index is 5.34. The highest BCUT2D eigenvalue weighted by molar-refractivity contribution is 5.88. The van der Waals surface area contributed by atoms with E-state index in [0.29, 0.717) is 17.5 Å². The Morgan fingerprint density at radius 2 is 0.738 bits per heavy atom. The topological polar surface area (TPSA) is 64.5 Å². The van der Waals surface area contributed by atoms with Crippen LogP contribution in [0.4, 0.5) is 0 Å². The summed E-state index contributed by atoms with van der Waals surface area (Å²) in [6.07, 6.45) is 0. The van der Waals surface area contributed by atoms with Gasteiger partial charge < -0.3 is 0 Å². The first-order valence-electron chi connectivity index (χ1n) is 22.4. The molecule has 2 heterocycles. The first-order chi connectivity index (χ1) is 32.0. The normalized spacial score (nSPS) is 15.7. The second-order valence-corrected chi connectivity index (χ2v) is 17.9. The van der Waals surface area contributed by atoms with Gasteiger partial charge in [0.2, 0.25) is 0 Å². The van der Waals surface area contributed by atoms with E-state index < -0.39 is 0 Å². The number of hydrogen-bond acceptors (Lipinski definition) is 5. The number of aromatic nitrogens is 5. The standard InChI is InChI=1S/C60H41N5/c1-60(2)50-28-15-14-23-41(50)46-26-16-27-47(55(46)60)52-35-51(61-56(62-52)36-17-6-3-7-18-36)39-29-31-44-48(33-39)53-42-24-12-13-25-43(42)54(44)49-34-40(30-32-45(49)53)59-64-57(37-19-8-4-9-20-37)63-58(65-59)38-21-10-5-11-22-38/h3-35,53-54H,1-2H3. The van der Waals surface area contributed by atoms with Crippen molar-refractivity contribution in [3.05, 3.63) is 245 Å². The Morgan fingerprint density at radius 1 is 0.308 bits per heavy atom. The Hall–Kier alpha value is -8.15. The first-order valence-corrected chi connectivity index (χ1v) is 22.4. The maximum Gasteiger partial charge on any atom is 0.164 e. The van der Waals surface area contributed by atoms with E-state index in [1.54, 1.807) is 0 Å². The van der Waals surface area contributed by atoms with Gasteiger partial charge in [0.1, 0.15) is 0 Å². The van der Waals surface area contributed by atoms with E-state index in [-0.39, 0.29) is 17.3 Å². The molecule has 4 aliphatic carbocycles. The van der Waals surface area contributed by atoms with Crippen LogP contribution in [0.1, 0.15) is 70.2 Å². The molecule has 14 rings (SSSR count). The fourth-order valence-corrected chi connectivity index (χ4v) is 11.0. The molecule has 0 saturated carbocycles. The van der Waals surface area contributed by atoms with Gasteiger partial charge in [0, 0.05) is 50.6 Å². The van der Waals surface area contributed by atoms with Crippen molar-refractivity contribution >= 4 is 0 Å². The number of hydrogen-bond donors (Lipinski definition) is 0. The summed E-state index contributed by atoms with van der Waals surface area (Å²) in [5.74, 6) is 2.80. The van der Waals surface area contributed by atoms with Crippen molar-refractivity contribution in [1.29, 1.82) is 0 Å². The third kappa shape index (κ3) is 5.89. The van der Waals surface area contributed by atoms with Crippen LogP contribution in [0.25, 0.3) is 79.2 Å². The van der Waals surface area contributed by atoms with Gasteiger partial charge in [-0.05, 0) is 73.8 Å². The molecule has 306 valence electrons. The van der Waals surface area contributed by atoms with Crippen LogP contribution < -0.4 is 0 Å². The van der Waals surface area contributed by atoms with Gasteiger partial charge in [-0.2, -0.15) is 0 Å². The van der Waals surface area contributed by atoms with Crippen LogP contribution in [0, 0.1) is 0 Å². The monoisotopic (exact) mass is 831 g/mol. The molecule has 2 atom stereocenters. The minimum absolute atomic E-state index is 0.0517. The van der Waals surface area contributed by atoms with Crippen molar-refractivity contribution in [3.63, 3.8) is 0 Å². The molecule has 10 aromatic rings. The summed E-state index contributed by atoms with van der Waals surface area (Å²) in [5.41, 5.74) is 21.0. The highest BCUT2D eigenvalue weighted by atomic mass is 15.0. The predicted molar refractivity (Wildman–Crippen MR) is 260 cm³/mol. The fraction of sp³-hybridized carbons (Fsp3) is 0.0833. The zero-order valence-electron chi connectivity index (χ0n) is 35.9. The van der Waals surface area contributed by atoms with Crippen molar-refractivity contribution in [2.75, 3.05) is 0 Å². The number of fused-ring (bicyclic) bond motifs is 3. The van der Waals surface area contributed by atoms with Gasteiger partial charge in [0.15, 0.2) is 23.3 Å². The average molecular weight is 832 g/mol. The van der Waals surface area contributed by atoms with E-state index >= 15 is 0 Å². The van der Waals surface area contributed by atoms with Crippen molar-refractivity contribution in [2.24, 2.45) is 0 Å². The Kier molecular flexibility index (Phi) is 8.31. The molecule has 0 N–H and O–H groups in total. The smallest absolute Gasteiger partial charge is 0.164 e. The lowest BCUT2D eigenvalue weighted by atomic mass is 9.60. The van der Waals surface area contributed by atoms with Crippen LogP contribution in [0.5, 0.6) is 0 Å². The minimum atomic E-state index is -0.190. The van der Waals surface area contributed by atoms with Gasteiger partial charge in [-0.1, -0.05) is 196 Å². The molecule has 0 aliphatic heterocycles. The van der Waals surface area contributed by atoms with Gasteiger partial charge in [-0.15, -0.1) is 0 Å². The van der Waals surface area contributed by atoms with Crippen molar-refractivity contribution in [1.82, 2.24) is 24.9 Å². The van der Waals surface area contributed by atoms with E-state index in [1.165, 1.54) is 55.6 Å². The molecule has 0 radical (unpaired) electrons. The molecule has 2 unspecified atom stereocenters. The molecule has 0 amide bonds. The Balaban J connectivity index is 0.950. The molecule has 0 spiro atoms. The molecule has 2 aromatic heterocycles. The van der Waals surface area contributed by atoms with E-state index in [9.17, 15) is 0 Å². The van der Waals surface area contributed by atoms with E-state index in [4.69, 9.17) is 24.9 Å². The Labute approximate surface area is 378 Å². The summed E-state index contributed by atoms with van der Waals surface area (Å²) in [6.45, 7) is 4.68. The van der Waals surface area contributed by atoms with Gasteiger partial charge in [-0.25, -0.2) is 24.9 Å². The molecule has 5 heteroatoms. The highest BCUT2D eigenvalue weighted by Crippen LogP contribution is 2.57. The van der Waals surface area contributed by atoms with Gasteiger partial charge >= 0.3 is 0 Å². The molecule has 5 nitrogen and oxygen atoms in total. The van der Waals surface area contributed by atoms with E-state index in [2.05, 4.69) is 172 Å². The highest BCUT2D eigenvalue weighted by Gasteiger charge is 2.42. The SMILES string of the molecule is CC1(C)c2ccccc2-c2cccc(-c3cc(-c4ccc5c(c4)C4c6ccccc6C5c5cc(-c6nc(-c7ccccc7)nc(-c7ccccc7)n6)ccc54)nc(-c4ccccc4)n3)c21. The lowest BCUT2D eigenvalue weighted by Crippen LogP contribution is -2.27. The van der Waals surface area contributed by atoms with Crippen LogP contribution >= 0.6 is 0 Å². The average Bonchev–Trinajstić information content (AvgIpc) is 3.62. The van der Waals surface area contributed by atoms with Gasteiger partial charge in [-0.3, -0.25) is 0 Å². The van der Waals surface area contributed by atoms with Crippen LogP contribution in [0.15, 0.2) is 200 Å². The number of nitrogens with zero attached hydrogens (tertiary/aromatic N) is 5. The second kappa shape index (κ2) is 14.4. The molecule has 65 heavy (non-hydrogen) atoms.